The van der Waals surface area contributed by atoms with Crippen LogP contribution in [-0.4, -0.2) is 74.4 Å². The zero-order valence-corrected chi connectivity index (χ0v) is 20.5. The van der Waals surface area contributed by atoms with Crippen molar-refractivity contribution in [2.24, 2.45) is 11.7 Å². The number of nitrogens with two attached hydrogens (primary N) is 1. The fourth-order valence-corrected chi connectivity index (χ4v) is 4.32. The topological polar surface area (TPSA) is 171 Å². The lowest BCUT2D eigenvalue weighted by Crippen LogP contribution is -2.58. The highest BCUT2D eigenvalue weighted by atomic mass is 16.4. The molecule has 1 saturated heterocycles. The molecule has 11 nitrogen and oxygen atoms in total. The Morgan fingerprint density at radius 1 is 1.17 bits per heavy atom. The summed E-state index contributed by atoms with van der Waals surface area (Å²) < 4.78 is 0. The highest BCUT2D eigenvalue weighted by Crippen LogP contribution is 2.20. The van der Waals surface area contributed by atoms with Gasteiger partial charge in [0, 0.05) is 24.9 Å². The van der Waals surface area contributed by atoms with Gasteiger partial charge in [0.05, 0.1) is 12.4 Å². The summed E-state index contributed by atoms with van der Waals surface area (Å²) >= 11 is 0. The molecule has 6 N–H and O–H groups in total. The molecule has 36 heavy (non-hydrogen) atoms. The first-order valence-electron chi connectivity index (χ1n) is 12.1. The van der Waals surface area contributed by atoms with E-state index in [1.165, 1.54) is 11.2 Å². The van der Waals surface area contributed by atoms with E-state index in [0.29, 0.717) is 31.5 Å². The number of imidazole rings is 1. The smallest absolute Gasteiger partial charge is 0.326 e. The second kappa shape index (κ2) is 12.3. The highest BCUT2D eigenvalue weighted by molar-refractivity contribution is 5.94. The first-order chi connectivity index (χ1) is 17.2. The number of carboxylic acids is 1. The minimum Gasteiger partial charge on any atom is -0.480 e. The van der Waals surface area contributed by atoms with E-state index in [-0.39, 0.29) is 12.3 Å². The van der Waals surface area contributed by atoms with E-state index < -0.39 is 47.9 Å². The van der Waals surface area contributed by atoms with Gasteiger partial charge in [0.1, 0.15) is 18.1 Å². The van der Waals surface area contributed by atoms with E-state index in [9.17, 15) is 24.3 Å². The minimum atomic E-state index is -1.13. The molecule has 0 radical (unpaired) electrons. The molecule has 2 heterocycles. The van der Waals surface area contributed by atoms with Crippen molar-refractivity contribution < 1.29 is 24.3 Å². The van der Waals surface area contributed by atoms with Gasteiger partial charge in [-0.05, 0) is 30.7 Å². The van der Waals surface area contributed by atoms with Gasteiger partial charge in [-0.3, -0.25) is 14.4 Å². The molecule has 194 valence electrons. The molecule has 1 aromatic heterocycles. The van der Waals surface area contributed by atoms with Crippen LogP contribution in [0.25, 0.3) is 0 Å². The normalized spacial score (nSPS) is 17.9. The lowest BCUT2D eigenvalue weighted by Gasteiger charge is -2.30. The average Bonchev–Trinajstić information content (AvgIpc) is 3.54. The van der Waals surface area contributed by atoms with Gasteiger partial charge in [-0.1, -0.05) is 44.2 Å². The summed E-state index contributed by atoms with van der Waals surface area (Å²) in [5, 5.41) is 14.8. The monoisotopic (exact) mass is 498 g/mol. The zero-order valence-electron chi connectivity index (χ0n) is 20.5. The Hall–Kier alpha value is -3.73. The molecular formula is C25H34N6O5. The molecule has 0 bridgehead atoms. The van der Waals surface area contributed by atoms with Gasteiger partial charge in [0.25, 0.3) is 0 Å². The minimum absolute atomic E-state index is 0.136. The standard InChI is InChI=1S/C25H34N6O5/c1-15(2)21(25(35)36)30-23(33)20-9-6-10-31(20)24(34)19(12-17-13-27-14-28-17)29-22(32)18(26)11-16-7-4-3-5-8-16/h3-5,7-8,13-15,18-21H,6,9-12,26H2,1-2H3,(H,27,28)(H,29,32)(H,30,33)(H,35,36). The van der Waals surface area contributed by atoms with Crippen molar-refractivity contribution >= 4 is 23.7 Å². The molecule has 3 rings (SSSR count). The second-order valence-corrected chi connectivity index (χ2v) is 9.40. The molecule has 1 fully saturated rings. The molecule has 2 aromatic rings. The molecule has 1 aliphatic heterocycles. The van der Waals surface area contributed by atoms with Gasteiger partial charge < -0.3 is 31.4 Å². The predicted octanol–water partition coefficient (Wildman–Crippen LogP) is 0.223. The fraction of sp³-hybridized carbons (Fsp3) is 0.480. The first-order valence-corrected chi connectivity index (χ1v) is 12.1. The first kappa shape index (κ1) is 26.9. The summed E-state index contributed by atoms with van der Waals surface area (Å²) in [6.45, 7) is 3.72. The number of aromatic amines is 1. The summed E-state index contributed by atoms with van der Waals surface area (Å²) in [5.74, 6) is -2.89. The quantitative estimate of drug-likeness (QED) is 0.295. The van der Waals surface area contributed by atoms with Crippen LogP contribution in [0.1, 0.15) is 37.9 Å². The number of hydrogen-bond donors (Lipinski definition) is 5. The second-order valence-electron chi connectivity index (χ2n) is 9.40. The van der Waals surface area contributed by atoms with E-state index in [2.05, 4.69) is 20.6 Å². The number of carboxylic acid groups (broad SMARTS) is 1. The number of aromatic nitrogens is 2. The Morgan fingerprint density at radius 2 is 1.89 bits per heavy atom. The predicted molar refractivity (Wildman–Crippen MR) is 131 cm³/mol. The van der Waals surface area contributed by atoms with Crippen molar-refractivity contribution in [3.05, 3.63) is 54.1 Å². The van der Waals surface area contributed by atoms with Gasteiger partial charge in [-0.25, -0.2) is 9.78 Å². The maximum absolute atomic E-state index is 13.6. The molecule has 3 amide bonds. The van der Waals surface area contributed by atoms with Gasteiger partial charge >= 0.3 is 5.97 Å². The summed E-state index contributed by atoms with van der Waals surface area (Å²) in [7, 11) is 0. The van der Waals surface area contributed by atoms with Crippen LogP contribution in [0.4, 0.5) is 0 Å². The third-order valence-corrected chi connectivity index (χ3v) is 6.30. The van der Waals surface area contributed by atoms with Gasteiger partial charge in [-0.2, -0.15) is 0 Å². The van der Waals surface area contributed by atoms with Crippen molar-refractivity contribution in [3.63, 3.8) is 0 Å². The molecule has 0 aliphatic carbocycles. The SMILES string of the molecule is CC(C)C(NC(=O)C1CCCN1C(=O)C(Cc1cnc[nH]1)NC(=O)C(N)Cc1ccccc1)C(=O)O. The number of aliphatic carboxylic acids is 1. The van der Waals surface area contributed by atoms with Crippen LogP contribution in [-0.2, 0) is 32.0 Å². The third kappa shape index (κ3) is 6.91. The van der Waals surface area contributed by atoms with E-state index in [4.69, 9.17) is 5.73 Å². The van der Waals surface area contributed by atoms with Crippen LogP contribution >= 0.6 is 0 Å². The van der Waals surface area contributed by atoms with Crippen molar-refractivity contribution in [2.75, 3.05) is 6.54 Å². The van der Waals surface area contributed by atoms with E-state index in [0.717, 1.165) is 5.56 Å². The largest absolute Gasteiger partial charge is 0.480 e. The lowest BCUT2D eigenvalue weighted by molar-refractivity contribution is -0.145. The maximum atomic E-state index is 13.6. The van der Waals surface area contributed by atoms with Crippen LogP contribution in [0.15, 0.2) is 42.9 Å². The van der Waals surface area contributed by atoms with Crippen LogP contribution in [0.5, 0.6) is 0 Å². The highest BCUT2D eigenvalue weighted by Gasteiger charge is 2.39. The van der Waals surface area contributed by atoms with Crippen LogP contribution in [0, 0.1) is 5.92 Å². The van der Waals surface area contributed by atoms with Gasteiger partial charge in [-0.15, -0.1) is 0 Å². The lowest BCUT2D eigenvalue weighted by atomic mass is 10.0. The van der Waals surface area contributed by atoms with Crippen molar-refractivity contribution in [2.45, 2.75) is 63.7 Å². The average molecular weight is 499 g/mol. The molecule has 4 atom stereocenters. The van der Waals surface area contributed by atoms with E-state index in [1.54, 1.807) is 20.0 Å². The van der Waals surface area contributed by atoms with Crippen molar-refractivity contribution in [1.29, 1.82) is 0 Å². The number of H-pyrrole nitrogens is 1. The summed E-state index contributed by atoms with van der Waals surface area (Å²) in [6, 6.07) is 5.59. The van der Waals surface area contributed by atoms with Gasteiger partial charge in [0.2, 0.25) is 17.7 Å². The fourth-order valence-electron chi connectivity index (χ4n) is 4.32. The Bertz CT molecular complexity index is 1040. The molecule has 1 aromatic carbocycles. The van der Waals surface area contributed by atoms with Crippen LogP contribution < -0.4 is 16.4 Å². The van der Waals surface area contributed by atoms with Crippen LogP contribution in [0.3, 0.4) is 0 Å². The van der Waals surface area contributed by atoms with Crippen LogP contribution in [0.2, 0.25) is 0 Å². The Kier molecular flexibility index (Phi) is 9.18. The number of carbonyl (C=O) groups excluding carboxylic acids is 3. The molecule has 1 aliphatic rings. The molecule has 11 heteroatoms. The molecular weight excluding hydrogens is 464 g/mol. The van der Waals surface area contributed by atoms with E-state index in [1.807, 2.05) is 30.3 Å². The van der Waals surface area contributed by atoms with Crippen molar-refractivity contribution in [3.8, 4) is 0 Å². The number of nitrogens with zero attached hydrogens (tertiary/aromatic N) is 2. The third-order valence-electron chi connectivity index (χ3n) is 6.30. The Balaban J connectivity index is 1.74. The number of nitrogens with one attached hydrogen (secondary N) is 3. The summed E-state index contributed by atoms with van der Waals surface area (Å²) in [4.78, 5) is 59.4. The number of amides is 3. The van der Waals surface area contributed by atoms with E-state index >= 15 is 0 Å². The molecule has 4 unspecified atom stereocenters. The molecule has 0 saturated carbocycles. The number of carbonyl (C=O) groups is 4. The summed E-state index contributed by atoms with van der Waals surface area (Å²) in [5.41, 5.74) is 7.66. The number of benzene rings is 1. The number of likely N-dealkylation sites (tertiary alicyclic amines) is 1. The van der Waals surface area contributed by atoms with Crippen molar-refractivity contribution in [1.82, 2.24) is 25.5 Å². The molecule has 0 spiro atoms. The Labute approximate surface area is 209 Å². The maximum Gasteiger partial charge on any atom is 0.326 e. The Morgan fingerprint density at radius 3 is 2.50 bits per heavy atom. The number of hydrogen-bond acceptors (Lipinski definition) is 6. The number of rotatable bonds is 11. The zero-order chi connectivity index (χ0) is 26.2. The summed E-state index contributed by atoms with van der Waals surface area (Å²) in [6.07, 6.45) is 4.46. The van der Waals surface area contributed by atoms with Gasteiger partial charge in [0.15, 0.2) is 0 Å².